The average molecular weight is 255 g/mol. The van der Waals surface area contributed by atoms with Gasteiger partial charge < -0.3 is 10.6 Å². The molecule has 3 nitrogen and oxygen atoms in total. The molecule has 17 heavy (non-hydrogen) atoms. The van der Waals surface area contributed by atoms with Gasteiger partial charge in [0, 0.05) is 29.7 Å². The van der Waals surface area contributed by atoms with Crippen LogP contribution >= 0.6 is 11.6 Å². The summed E-state index contributed by atoms with van der Waals surface area (Å²) in [4.78, 5) is 11.9. The maximum atomic E-state index is 11.9. The molecule has 0 unspecified atom stereocenters. The number of halogens is 1. The number of carbonyl (C=O) groups is 1. The summed E-state index contributed by atoms with van der Waals surface area (Å²) >= 11 is 5.87. The van der Waals surface area contributed by atoms with E-state index in [4.69, 9.17) is 11.6 Å². The van der Waals surface area contributed by atoms with Crippen LogP contribution in [0.3, 0.4) is 0 Å². The van der Waals surface area contributed by atoms with Gasteiger partial charge in [-0.1, -0.05) is 31.5 Å². The van der Waals surface area contributed by atoms with E-state index in [-0.39, 0.29) is 5.91 Å². The Kier molecular flexibility index (Phi) is 5.45. The highest BCUT2D eigenvalue weighted by Crippen LogP contribution is 2.14. The minimum atomic E-state index is -0.0736. The van der Waals surface area contributed by atoms with Gasteiger partial charge in [-0.2, -0.15) is 0 Å². The zero-order valence-electron chi connectivity index (χ0n) is 10.5. The molecule has 0 aliphatic heterocycles. The van der Waals surface area contributed by atoms with Crippen LogP contribution in [0.5, 0.6) is 0 Å². The van der Waals surface area contributed by atoms with E-state index in [1.165, 1.54) is 0 Å². The largest absolute Gasteiger partial charge is 0.351 e. The molecular weight excluding hydrogens is 236 g/mol. The molecular formula is C13H19ClN2O. The first-order valence-electron chi connectivity index (χ1n) is 5.78. The highest BCUT2D eigenvalue weighted by Gasteiger charge is 2.08. The fraction of sp³-hybridized carbons (Fsp3) is 0.462. The van der Waals surface area contributed by atoms with Gasteiger partial charge in [0.25, 0.3) is 5.91 Å². The monoisotopic (exact) mass is 254 g/mol. The molecule has 94 valence electrons. The van der Waals surface area contributed by atoms with Crippen LogP contribution in [-0.4, -0.2) is 25.0 Å². The van der Waals surface area contributed by atoms with Crippen molar-refractivity contribution in [1.29, 1.82) is 0 Å². The van der Waals surface area contributed by atoms with Crippen LogP contribution < -0.4 is 10.6 Å². The Hall–Kier alpha value is -1.06. The van der Waals surface area contributed by atoms with Gasteiger partial charge in [0.2, 0.25) is 0 Å². The van der Waals surface area contributed by atoms with E-state index in [2.05, 4.69) is 24.5 Å². The smallest absolute Gasteiger partial charge is 0.251 e. The zero-order chi connectivity index (χ0) is 12.8. The predicted octanol–water partition coefficient (Wildman–Crippen LogP) is 2.38. The standard InChI is InChI=1S/C13H19ClN2O/c1-9(2)15-6-7-16-13(17)12-8-11(14)5-4-10(12)3/h4-5,8-9,15H,6-7H2,1-3H3,(H,16,17). The number of amides is 1. The molecule has 0 heterocycles. The Labute approximate surface area is 108 Å². The van der Waals surface area contributed by atoms with Crippen LogP contribution in [0.15, 0.2) is 18.2 Å². The third kappa shape index (κ3) is 4.75. The molecule has 1 aromatic carbocycles. The Balaban J connectivity index is 2.49. The van der Waals surface area contributed by atoms with Crippen molar-refractivity contribution >= 4 is 17.5 Å². The second-order valence-corrected chi connectivity index (χ2v) is 4.76. The van der Waals surface area contributed by atoms with Gasteiger partial charge in [0.1, 0.15) is 0 Å². The molecule has 0 atom stereocenters. The Morgan fingerprint density at radius 1 is 1.35 bits per heavy atom. The van der Waals surface area contributed by atoms with E-state index >= 15 is 0 Å². The van der Waals surface area contributed by atoms with Gasteiger partial charge in [0.15, 0.2) is 0 Å². The van der Waals surface area contributed by atoms with Crippen molar-refractivity contribution in [2.75, 3.05) is 13.1 Å². The molecule has 2 N–H and O–H groups in total. The second-order valence-electron chi connectivity index (χ2n) is 4.32. The van der Waals surface area contributed by atoms with Crippen molar-refractivity contribution in [2.24, 2.45) is 0 Å². The van der Waals surface area contributed by atoms with E-state index in [1.54, 1.807) is 12.1 Å². The van der Waals surface area contributed by atoms with Crippen molar-refractivity contribution in [2.45, 2.75) is 26.8 Å². The molecule has 0 spiro atoms. The molecule has 0 aromatic heterocycles. The van der Waals surface area contributed by atoms with Gasteiger partial charge in [-0.05, 0) is 24.6 Å². The molecule has 0 fully saturated rings. The molecule has 1 aromatic rings. The summed E-state index contributed by atoms with van der Waals surface area (Å²) in [5, 5.41) is 6.68. The number of carbonyl (C=O) groups excluding carboxylic acids is 1. The normalized spacial score (nSPS) is 10.6. The molecule has 1 rings (SSSR count). The molecule has 4 heteroatoms. The molecule has 0 aliphatic rings. The van der Waals surface area contributed by atoms with E-state index in [1.807, 2.05) is 13.0 Å². The maximum Gasteiger partial charge on any atom is 0.251 e. The first-order chi connectivity index (χ1) is 8.00. The second kappa shape index (κ2) is 6.62. The predicted molar refractivity (Wildman–Crippen MR) is 71.7 cm³/mol. The van der Waals surface area contributed by atoms with Gasteiger partial charge in [-0.3, -0.25) is 4.79 Å². The summed E-state index contributed by atoms with van der Waals surface area (Å²) in [6.07, 6.45) is 0. The molecule has 0 bridgehead atoms. The molecule has 1 amide bonds. The molecule has 0 radical (unpaired) electrons. The summed E-state index contributed by atoms with van der Waals surface area (Å²) in [7, 11) is 0. The first-order valence-corrected chi connectivity index (χ1v) is 6.16. The minimum absolute atomic E-state index is 0.0736. The lowest BCUT2D eigenvalue weighted by Crippen LogP contribution is -2.34. The van der Waals surface area contributed by atoms with Gasteiger partial charge in [-0.25, -0.2) is 0 Å². The van der Waals surface area contributed by atoms with Crippen molar-refractivity contribution in [3.63, 3.8) is 0 Å². The van der Waals surface area contributed by atoms with Crippen molar-refractivity contribution < 1.29 is 4.79 Å². The Morgan fingerprint density at radius 3 is 2.71 bits per heavy atom. The van der Waals surface area contributed by atoms with Crippen LogP contribution in [0.1, 0.15) is 29.8 Å². The lowest BCUT2D eigenvalue weighted by atomic mass is 10.1. The van der Waals surface area contributed by atoms with Crippen LogP contribution in [-0.2, 0) is 0 Å². The van der Waals surface area contributed by atoms with Gasteiger partial charge in [-0.15, -0.1) is 0 Å². The minimum Gasteiger partial charge on any atom is -0.351 e. The van der Waals surface area contributed by atoms with E-state index in [0.29, 0.717) is 23.2 Å². The third-order valence-corrected chi connectivity index (χ3v) is 2.64. The highest BCUT2D eigenvalue weighted by atomic mass is 35.5. The highest BCUT2D eigenvalue weighted by molar-refractivity contribution is 6.31. The lowest BCUT2D eigenvalue weighted by molar-refractivity contribution is 0.0953. The molecule has 0 aliphatic carbocycles. The number of hydrogen-bond acceptors (Lipinski definition) is 2. The van der Waals surface area contributed by atoms with Crippen molar-refractivity contribution in [1.82, 2.24) is 10.6 Å². The van der Waals surface area contributed by atoms with Crippen molar-refractivity contribution in [3.05, 3.63) is 34.3 Å². The summed E-state index contributed by atoms with van der Waals surface area (Å²) in [5.41, 5.74) is 1.57. The molecule has 0 saturated heterocycles. The summed E-state index contributed by atoms with van der Waals surface area (Å²) in [6, 6.07) is 5.76. The number of hydrogen-bond donors (Lipinski definition) is 2. The van der Waals surface area contributed by atoms with Crippen LogP contribution in [0.4, 0.5) is 0 Å². The summed E-state index contributed by atoms with van der Waals surface area (Å²) in [5.74, 6) is -0.0736. The number of aryl methyl sites for hydroxylation is 1. The lowest BCUT2D eigenvalue weighted by Gasteiger charge is -2.10. The van der Waals surface area contributed by atoms with E-state index in [0.717, 1.165) is 12.1 Å². The van der Waals surface area contributed by atoms with Crippen molar-refractivity contribution in [3.8, 4) is 0 Å². The average Bonchev–Trinajstić information content (AvgIpc) is 2.27. The van der Waals surface area contributed by atoms with Crippen LogP contribution in [0, 0.1) is 6.92 Å². The molecule has 0 saturated carbocycles. The third-order valence-electron chi connectivity index (χ3n) is 2.41. The maximum absolute atomic E-state index is 11.9. The van der Waals surface area contributed by atoms with Gasteiger partial charge >= 0.3 is 0 Å². The topological polar surface area (TPSA) is 41.1 Å². The Morgan fingerprint density at radius 2 is 2.06 bits per heavy atom. The summed E-state index contributed by atoms with van der Waals surface area (Å²) < 4.78 is 0. The van der Waals surface area contributed by atoms with Gasteiger partial charge in [0.05, 0.1) is 0 Å². The number of nitrogens with one attached hydrogen (secondary N) is 2. The quantitative estimate of drug-likeness (QED) is 0.793. The fourth-order valence-electron chi connectivity index (χ4n) is 1.47. The van der Waals surface area contributed by atoms with Crippen LogP contribution in [0.2, 0.25) is 5.02 Å². The number of rotatable bonds is 5. The van der Waals surface area contributed by atoms with E-state index < -0.39 is 0 Å². The summed E-state index contributed by atoms with van der Waals surface area (Å²) in [6.45, 7) is 7.43. The number of benzene rings is 1. The SMILES string of the molecule is Cc1ccc(Cl)cc1C(=O)NCCNC(C)C. The Bertz CT molecular complexity index is 391. The van der Waals surface area contributed by atoms with E-state index in [9.17, 15) is 4.79 Å². The fourth-order valence-corrected chi connectivity index (χ4v) is 1.64. The van der Waals surface area contributed by atoms with Crippen LogP contribution in [0.25, 0.3) is 0 Å². The first kappa shape index (κ1) is 14.0. The zero-order valence-corrected chi connectivity index (χ0v) is 11.3.